The van der Waals surface area contributed by atoms with Crippen LogP contribution >= 0.6 is 0 Å². The number of aryl methyl sites for hydroxylation is 2. The molecule has 3 nitrogen and oxygen atoms in total. The second-order valence-corrected chi connectivity index (χ2v) is 5.37. The minimum absolute atomic E-state index is 0.640. The molecule has 1 aromatic heterocycles. The summed E-state index contributed by atoms with van der Waals surface area (Å²) in [6, 6.07) is 15.7. The van der Waals surface area contributed by atoms with Gasteiger partial charge >= 0.3 is 0 Å². The van der Waals surface area contributed by atoms with Crippen molar-refractivity contribution in [2.75, 3.05) is 0 Å². The molecule has 0 amide bonds. The van der Waals surface area contributed by atoms with E-state index in [4.69, 9.17) is 4.98 Å². The molecule has 1 unspecified atom stereocenters. The number of fused-ring (bicyclic) bond motifs is 1. The van der Waals surface area contributed by atoms with E-state index in [1.54, 1.807) is 0 Å². The second kappa shape index (κ2) is 5.70. The first-order chi connectivity index (χ1) is 10.2. The molecule has 0 saturated carbocycles. The monoisotopic (exact) mass is 280 g/mol. The summed E-state index contributed by atoms with van der Waals surface area (Å²) in [6.45, 7) is 2.15. The van der Waals surface area contributed by atoms with Gasteiger partial charge in [0.15, 0.2) is 0 Å². The van der Waals surface area contributed by atoms with E-state index in [0.717, 1.165) is 40.8 Å². The van der Waals surface area contributed by atoms with Crippen LogP contribution in [-0.2, 0) is 13.5 Å². The fourth-order valence-corrected chi connectivity index (χ4v) is 2.77. The minimum Gasteiger partial charge on any atom is -0.384 e. The number of aromatic nitrogens is 2. The van der Waals surface area contributed by atoms with Gasteiger partial charge in [-0.2, -0.15) is 0 Å². The molecule has 0 aliphatic carbocycles. The van der Waals surface area contributed by atoms with Crippen LogP contribution in [0.2, 0.25) is 0 Å². The molecule has 3 heteroatoms. The number of benzene rings is 2. The van der Waals surface area contributed by atoms with Gasteiger partial charge in [0, 0.05) is 19.0 Å². The summed E-state index contributed by atoms with van der Waals surface area (Å²) in [5.41, 5.74) is 3.75. The summed E-state index contributed by atoms with van der Waals surface area (Å²) < 4.78 is 2.13. The fourth-order valence-electron chi connectivity index (χ4n) is 2.77. The van der Waals surface area contributed by atoms with E-state index >= 15 is 0 Å². The van der Waals surface area contributed by atoms with Gasteiger partial charge in [0.05, 0.1) is 11.0 Å². The smallest absolute Gasteiger partial charge is 0.109 e. The zero-order valence-corrected chi connectivity index (χ0v) is 12.5. The molecule has 0 saturated heterocycles. The lowest BCUT2D eigenvalue weighted by Gasteiger charge is -2.12. The minimum atomic E-state index is -0.640. The molecule has 21 heavy (non-hydrogen) atoms. The maximum absolute atomic E-state index is 10.7. The maximum Gasteiger partial charge on any atom is 0.109 e. The Labute approximate surface area is 124 Å². The van der Waals surface area contributed by atoms with Crippen LogP contribution in [0.1, 0.15) is 36.4 Å². The molecule has 1 atom stereocenters. The van der Waals surface area contributed by atoms with Gasteiger partial charge in [-0.3, -0.25) is 0 Å². The van der Waals surface area contributed by atoms with E-state index in [1.807, 2.05) is 49.5 Å². The van der Waals surface area contributed by atoms with Gasteiger partial charge < -0.3 is 9.67 Å². The molecule has 0 aliphatic heterocycles. The molecule has 0 spiro atoms. The van der Waals surface area contributed by atoms with E-state index < -0.39 is 6.10 Å². The normalized spacial score (nSPS) is 12.7. The quantitative estimate of drug-likeness (QED) is 0.793. The standard InChI is InChI=1S/C18H20N2O/c1-3-8-16-19-17-14(11-7-12-15(17)20(16)2)18(21)13-9-5-4-6-10-13/h4-7,9-12,18,21H,3,8H2,1-2H3. The Kier molecular flexibility index (Phi) is 3.76. The highest BCUT2D eigenvalue weighted by Gasteiger charge is 2.17. The van der Waals surface area contributed by atoms with Crippen molar-refractivity contribution in [3.8, 4) is 0 Å². The van der Waals surface area contributed by atoms with Crippen LogP contribution in [0.25, 0.3) is 11.0 Å². The molecule has 0 aliphatic rings. The van der Waals surface area contributed by atoms with Crippen LogP contribution in [0.5, 0.6) is 0 Å². The lowest BCUT2D eigenvalue weighted by molar-refractivity contribution is 0.221. The number of aliphatic hydroxyl groups is 1. The summed E-state index contributed by atoms with van der Waals surface area (Å²) >= 11 is 0. The molecule has 2 aromatic carbocycles. The van der Waals surface area contributed by atoms with Crippen molar-refractivity contribution < 1.29 is 5.11 Å². The number of hydrogen-bond donors (Lipinski definition) is 1. The zero-order valence-electron chi connectivity index (χ0n) is 12.5. The Morgan fingerprint density at radius 1 is 1.10 bits per heavy atom. The molecular weight excluding hydrogens is 260 g/mol. The Balaban J connectivity index is 2.13. The highest BCUT2D eigenvalue weighted by Crippen LogP contribution is 2.28. The molecule has 0 fully saturated rings. The summed E-state index contributed by atoms with van der Waals surface area (Å²) in [7, 11) is 2.04. The zero-order chi connectivity index (χ0) is 14.8. The van der Waals surface area contributed by atoms with E-state index in [-0.39, 0.29) is 0 Å². The topological polar surface area (TPSA) is 38.1 Å². The molecule has 108 valence electrons. The maximum atomic E-state index is 10.7. The number of para-hydroxylation sites is 1. The summed E-state index contributed by atoms with van der Waals surface area (Å²) in [4.78, 5) is 4.75. The Morgan fingerprint density at radius 3 is 2.57 bits per heavy atom. The van der Waals surface area contributed by atoms with Crippen LogP contribution in [0, 0.1) is 0 Å². The third-order valence-electron chi connectivity index (χ3n) is 3.92. The number of imidazole rings is 1. The Morgan fingerprint density at radius 2 is 1.86 bits per heavy atom. The van der Waals surface area contributed by atoms with Crippen molar-refractivity contribution >= 4 is 11.0 Å². The van der Waals surface area contributed by atoms with Gasteiger partial charge in [-0.15, -0.1) is 0 Å². The number of hydrogen-bond acceptors (Lipinski definition) is 2. The predicted molar refractivity (Wildman–Crippen MR) is 85.2 cm³/mol. The molecule has 1 N–H and O–H groups in total. The van der Waals surface area contributed by atoms with Gasteiger partial charge in [-0.1, -0.05) is 49.4 Å². The fraction of sp³-hybridized carbons (Fsp3) is 0.278. The van der Waals surface area contributed by atoms with Crippen molar-refractivity contribution in [2.24, 2.45) is 7.05 Å². The van der Waals surface area contributed by atoms with Gasteiger partial charge in [-0.05, 0) is 18.1 Å². The highest BCUT2D eigenvalue weighted by molar-refractivity contribution is 5.80. The largest absolute Gasteiger partial charge is 0.384 e. The lowest BCUT2D eigenvalue weighted by atomic mass is 10.0. The van der Waals surface area contributed by atoms with Crippen molar-refractivity contribution in [1.29, 1.82) is 0 Å². The first-order valence-electron chi connectivity index (χ1n) is 7.39. The van der Waals surface area contributed by atoms with Crippen LogP contribution in [-0.4, -0.2) is 14.7 Å². The average Bonchev–Trinajstić information content (AvgIpc) is 2.85. The van der Waals surface area contributed by atoms with E-state index in [0.29, 0.717) is 0 Å². The van der Waals surface area contributed by atoms with E-state index in [2.05, 4.69) is 17.6 Å². The van der Waals surface area contributed by atoms with Crippen molar-refractivity contribution in [1.82, 2.24) is 9.55 Å². The van der Waals surface area contributed by atoms with E-state index in [9.17, 15) is 5.11 Å². The van der Waals surface area contributed by atoms with Gasteiger partial charge in [0.25, 0.3) is 0 Å². The Hall–Kier alpha value is -2.13. The number of aliphatic hydroxyl groups excluding tert-OH is 1. The third kappa shape index (κ3) is 2.45. The van der Waals surface area contributed by atoms with Crippen molar-refractivity contribution in [3.05, 3.63) is 65.5 Å². The highest BCUT2D eigenvalue weighted by atomic mass is 16.3. The van der Waals surface area contributed by atoms with Gasteiger partial charge in [0.2, 0.25) is 0 Å². The average molecular weight is 280 g/mol. The third-order valence-corrected chi connectivity index (χ3v) is 3.92. The SMILES string of the molecule is CCCc1nc2c(C(O)c3ccccc3)cccc2n1C. The molecule has 3 aromatic rings. The van der Waals surface area contributed by atoms with Gasteiger partial charge in [-0.25, -0.2) is 4.98 Å². The Bertz CT molecular complexity index is 747. The van der Waals surface area contributed by atoms with E-state index in [1.165, 1.54) is 0 Å². The summed E-state index contributed by atoms with van der Waals surface area (Å²) in [5.74, 6) is 1.07. The predicted octanol–water partition coefficient (Wildman–Crippen LogP) is 3.61. The first kappa shape index (κ1) is 13.8. The summed E-state index contributed by atoms with van der Waals surface area (Å²) in [5, 5.41) is 10.7. The second-order valence-electron chi connectivity index (χ2n) is 5.37. The molecule has 0 bridgehead atoms. The lowest BCUT2D eigenvalue weighted by Crippen LogP contribution is -2.00. The van der Waals surface area contributed by atoms with Crippen LogP contribution in [0.15, 0.2) is 48.5 Å². The molecule has 0 radical (unpaired) electrons. The van der Waals surface area contributed by atoms with Crippen LogP contribution in [0.3, 0.4) is 0 Å². The molecule has 3 rings (SSSR count). The summed E-state index contributed by atoms with van der Waals surface area (Å²) in [6.07, 6.45) is 1.37. The number of rotatable bonds is 4. The molecular formula is C18H20N2O. The number of nitrogens with zero attached hydrogens (tertiary/aromatic N) is 2. The first-order valence-corrected chi connectivity index (χ1v) is 7.39. The molecule has 1 heterocycles. The van der Waals surface area contributed by atoms with Gasteiger partial charge in [0.1, 0.15) is 11.9 Å². The van der Waals surface area contributed by atoms with Crippen LogP contribution in [0.4, 0.5) is 0 Å². The van der Waals surface area contributed by atoms with Crippen molar-refractivity contribution in [3.63, 3.8) is 0 Å². The van der Waals surface area contributed by atoms with Crippen molar-refractivity contribution in [2.45, 2.75) is 25.9 Å². The van der Waals surface area contributed by atoms with Crippen LogP contribution < -0.4 is 0 Å².